The number of hydrogen-bond acceptors (Lipinski definition) is 5. The number of nitrogens with zero attached hydrogens (tertiary/aromatic N) is 4. The Bertz CT molecular complexity index is 465. The van der Waals surface area contributed by atoms with Gasteiger partial charge in [-0.25, -0.2) is 4.98 Å². The van der Waals surface area contributed by atoms with E-state index in [2.05, 4.69) is 20.5 Å². The fraction of sp³-hybridized carbons (Fsp3) is 0.364. The van der Waals surface area contributed by atoms with Gasteiger partial charge in [-0.15, -0.1) is 10.2 Å². The van der Waals surface area contributed by atoms with Crippen LogP contribution in [-0.2, 0) is 13.6 Å². The third-order valence-corrected chi connectivity index (χ3v) is 2.28. The molecule has 0 amide bonds. The molecule has 0 radical (unpaired) electrons. The lowest BCUT2D eigenvalue weighted by Gasteiger charge is -2.06. The summed E-state index contributed by atoms with van der Waals surface area (Å²) in [6.07, 6.45) is 3.41. The van der Waals surface area contributed by atoms with Gasteiger partial charge < -0.3 is 14.6 Å². The molecule has 0 spiro atoms. The van der Waals surface area contributed by atoms with E-state index in [4.69, 9.17) is 4.74 Å². The van der Waals surface area contributed by atoms with Crippen molar-refractivity contribution in [2.75, 3.05) is 11.9 Å². The molecule has 0 bridgehead atoms. The van der Waals surface area contributed by atoms with Crippen molar-refractivity contribution in [1.82, 2.24) is 19.7 Å². The number of aromatic nitrogens is 4. The summed E-state index contributed by atoms with van der Waals surface area (Å²) in [4.78, 5) is 4.16. The molecule has 0 aliphatic rings. The molecule has 0 aromatic carbocycles. The minimum absolute atomic E-state index is 0.617. The second-order valence-corrected chi connectivity index (χ2v) is 3.53. The molecular formula is C11H15N5O. The van der Waals surface area contributed by atoms with Crippen LogP contribution >= 0.6 is 0 Å². The third-order valence-electron chi connectivity index (χ3n) is 2.28. The topological polar surface area (TPSA) is 64.9 Å². The van der Waals surface area contributed by atoms with Crippen LogP contribution in [-0.4, -0.2) is 26.4 Å². The van der Waals surface area contributed by atoms with E-state index in [-0.39, 0.29) is 0 Å². The van der Waals surface area contributed by atoms with Gasteiger partial charge in [0.15, 0.2) is 5.82 Å². The van der Waals surface area contributed by atoms with Crippen molar-refractivity contribution < 1.29 is 4.74 Å². The molecular weight excluding hydrogens is 218 g/mol. The molecule has 0 aliphatic carbocycles. The fourth-order valence-corrected chi connectivity index (χ4v) is 1.37. The van der Waals surface area contributed by atoms with Gasteiger partial charge in [-0.2, -0.15) is 0 Å². The average molecular weight is 233 g/mol. The Kier molecular flexibility index (Phi) is 3.54. The number of anilines is 1. The van der Waals surface area contributed by atoms with Crippen molar-refractivity contribution in [2.24, 2.45) is 7.05 Å². The van der Waals surface area contributed by atoms with Crippen LogP contribution in [0.2, 0.25) is 0 Å². The van der Waals surface area contributed by atoms with Crippen molar-refractivity contribution >= 4 is 5.69 Å². The molecule has 0 saturated heterocycles. The van der Waals surface area contributed by atoms with E-state index < -0.39 is 0 Å². The highest BCUT2D eigenvalue weighted by atomic mass is 16.5. The van der Waals surface area contributed by atoms with E-state index in [1.54, 1.807) is 12.5 Å². The molecule has 0 fully saturated rings. The van der Waals surface area contributed by atoms with Gasteiger partial charge in [-0.05, 0) is 13.0 Å². The molecule has 90 valence electrons. The van der Waals surface area contributed by atoms with Crippen LogP contribution in [0, 0.1) is 0 Å². The van der Waals surface area contributed by atoms with Gasteiger partial charge >= 0.3 is 0 Å². The highest BCUT2D eigenvalue weighted by molar-refractivity contribution is 5.41. The number of ether oxygens (including phenoxy) is 1. The summed E-state index contributed by atoms with van der Waals surface area (Å²) >= 11 is 0. The summed E-state index contributed by atoms with van der Waals surface area (Å²) in [6.45, 7) is 3.17. The summed E-state index contributed by atoms with van der Waals surface area (Å²) in [5.74, 6) is 1.51. The molecule has 0 aliphatic heterocycles. The summed E-state index contributed by atoms with van der Waals surface area (Å²) in [5.41, 5.74) is 0.927. The lowest BCUT2D eigenvalue weighted by atomic mass is 10.4. The van der Waals surface area contributed by atoms with Gasteiger partial charge in [-0.3, -0.25) is 0 Å². The zero-order valence-electron chi connectivity index (χ0n) is 9.92. The van der Waals surface area contributed by atoms with Crippen LogP contribution in [0.4, 0.5) is 5.69 Å². The number of aryl methyl sites for hydroxylation is 1. The van der Waals surface area contributed by atoms with Crippen LogP contribution in [0.15, 0.2) is 24.7 Å². The summed E-state index contributed by atoms with van der Waals surface area (Å²) in [5, 5.41) is 11.0. The molecule has 1 N–H and O–H groups in total. The molecule has 17 heavy (non-hydrogen) atoms. The molecule has 2 rings (SSSR count). The van der Waals surface area contributed by atoms with Crippen molar-refractivity contribution in [2.45, 2.75) is 13.5 Å². The predicted octanol–water partition coefficient (Wildman–Crippen LogP) is 1.22. The van der Waals surface area contributed by atoms with E-state index in [0.29, 0.717) is 19.0 Å². The zero-order chi connectivity index (χ0) is 12.1. The SMILES string of the molecule is CCOc1ccc(NCc2nncn2C)cn1. The Morgan fingerprint density at radius 3 is 2.88 bits per heavy atom. The number of hydrogen-bond donors (Lipinski definition) is 1. The largest absolute Gasteiger partial charge is 0.478 e. The van der Waals surface area contributed by atoms with E-state index in [0.717, 1.165) is 11.5 Å². The van der Waals surface area contributed by atoms with Gasteiger partial charge in [0.1, 0.15) is 6.33 Å². The van der Waals surface area contributed by atoms with Gasteiger partial charge in [0, 0.05) is 13.1 Å². The molecule has 0 unspecified atom stereocenters. The van der Waals surface area contributed by atoms with E-state index >= 15 is 0 Å². The third kappa shape index (κ3) is 2.93. The maximum absolute atomic E-state index is 5.26. The Hall–Kier alpha value is -2.11. The van der Waals surface area contributed by atoms with Crippen molar-refractivity contribution in [3.05, 3.63) is 30.5 Å². The lowest BCUT2D eigenvalue weighted by molar-refractivity contribution is 0.327. The molecule has 0 saturated carbocycles. The summed E-state index contributed by atoms with van der Waals surface area (Å²) in [6, 6.07) is 3.76. The van der Waals surface area contributed by atoms with Crippen molar-refractivity contribution in [3.63, 3.8) is 0 Å². The maximum atomic E-state index is 5.26. The first-order valence-corrected chi connectivity index (χ1v) is 5.45. The normalized spacial score (nSPS) is 10.2. The van der Waals surface area contributed by atoms with Crippen LogP contribution in [0.5, 0.6) is 5.88 Å². The van der Waals surface area contributed by atoms with E-state index in [1.807, 2.05) is 30.7 Å². The zero-order valence-corrected chi connectivity index (χ0v) is 9.92. The molecule has 0 atom stereocenters. The summed E-state index contributed by atoms with van der Waals surface area (Å²) in [7, 11) is 1.91. The smallest absolute Gasteiger partial charge is 0.213 e. The number of pyridine rings is 1. The highest BCUT2D eigenvalue weighted by Crippen LogP contribution is 2.12. The molecule has 6 nitrogen and oxygen atoms in total. The van der Waals surface area contributed by atoms with Crippen molar-refractivity contribution in [1.29, 1.82) is 0 Å². The first kappa shape index (κ1) is 11.4. The molecule has 2 aromatic heterocycles. The average Bonchev–Trinajstić information content (AvgIpc) is 2.75. The second-order valence-electron chi connectivity index (χ2n) is 3.53. The quantitative estimate of drug-likeness (QED) is 0.841. The Balaban J connectivity index is 1.93. The van der Waals surface area contributed by atoms with Gasteiger partial charge in [-0.1, -0.05) is 0 Å². The predicted molar refractivity (Wildman–Crippen MR) is 63.7 cm³/mol. The minimum Gasteiger partial charge on any atom is -0.478 e. The maximum Gasteiger partial charge on any atom is 0.213 e. The molecule has 2 aromatic rings. The van der Waals surface area contributed by atoms with Crippen molar-refractivity contribution in [3.8, 4) is 5.88 Å². The fourth-order valence-electron chi connectivity index (χ4n) is 1.37. The first-order valence-electron chi connectivity index (χ1n) is 5.45. The van der Waals surface area contributed by atoms with Crippen LogP contribution < -0.4 is 10.1 Å². The standard InChI is InChI=1S/C11H15N5O/c1-3-17-11-5-4-9(6-13-11)12-7-10-15-14-8-16(10)2/h4-6,8,12H,3,7H2,1-2H3. The van der Waals surface area contributed by atoms with E-state index in [1.165, 1.54) is 0 Å². The monoisotopic (exact) mass is 233 g/mol. The summed E-state index contributed by atoms with van der Waals surface area (Å²) < 4.78 is 7.14. The van der Waals surface area contributed by atoms with Crippen LogP contribution in [0.3, 0.4) is 0 Å². The van der Waals surface area contributed by atoms with Gasteiger partial charge in [0.25, 0.3) is 0 Å². The van der Waals surface area contributed by atoms with Crippen LogP contribution in [0.25, 0.3) is 0 Å². The highest BCUT2D eigenvalue weighted by Gasteiger charge is 2.00. The lowest BCUT2D eigenvalue weighted by Crippen LogP contribution is -2.06. The number of nitrogens with one attached hydrogen (secondary N) is 1. The molecule has 6 heteroatoms. The Labute approximate surface area is 99.7 Å². The van der Waals surface area contributed by atoms with E-state index in [9.17, 15) is 0 Å². The Morgan fingerprint density at radius 1 is 1.41 bits per heavy atom. The minimum atomic E-state index is 0.617. The molecule has 2 heterocycles. The second kappa shape index (κ2) is 5.29. The van der Waals surface area contributed by atoms with Gasteiger partial charge in [0.05, 0.1) is 25.0 Å². The Morgan fingerprint density at radius 2 is 2.29 bits per heavy atom. The first-order chi connectivity index (χ1) is 8.29. The van der Waals surface area contributed by atoms with Crippen LogP contribution in [0.1, 0.15) is 12.7 Å². The number of rotatable bonds is 5. The van der Waals surface area contributed by atoms with Gasteiger partial charge in [0.2, 0.25) is 5.88 Å².